The summed E-state index contributed by atoms with van der Waals surface area (Å²) in [6.45, 7) is 0.412. The SMILES string of the molecule is O=C(NCc1ccon1)NCC1(C(=O)O)CC1. The number of carbonyl (C=O) groups excluding carboxylic acids is 1. The van der Waals surface area contributed by atoms with Gasteiger partial charge in [-0.3, -0.25) is 4.79 Å². The quantitative estimate of drug-likeness (QED) is 0.687. The average Bonchev–Trinajstić information content (AvgIpc) is 2.93. The molecule has 17 heavy (non-hydrogen) atoms. The van der Waals surface area contributed by atoms with Gasteiger partial charge < -0.3 is 20.3 Å². The van der Waals surface area contributed by atoms with Crippen LogP contribution in [0.15, 0.2) is 16.9 Å². The first-order valence-electron chi connectivity index (χ1n) is 5.27. The van der Waals surface area contributed by atoms with Gasteiger partial charge >= 0.3 is 12.0 Å². The van der Waals surface area contributed by atoms with Crippen molar-refractivity contribution in [1.82, 2.24) is 15.8 Å². The van der Waals surface area contributed by atoms with Gasteiger partial charge in [-0.05, 0) is 12.8 Å². The minimum absolute atomic E-state index is 0.160. The average molecular weight is 239 g/mol. The fourth-order valence-electron chi connectivity index (χ4n) is 1.43. The number of nitrogens with one attached hydrogen (secondary N) is 2. The standard InChI is InChI=1S/C10H13N3O4/c14-8(15)10(2-3-10)6-12-9(16)11-5-7-1-4-17-13-7/h1,4H,2-3,5-6H2,(H,14,15)(H2,11,12,16). The molecule has 0 aliphatic heterocycles. The van der Waals surface area contributed by atoms with Crippen molar-refractivity contribution in [1.29, 1.82) is 0 Å². The Kier molecular flexibility index (Phi) is 2.99. The zero-order chi connectivity index (χ0) is 12.3. The van der Waals surface area contributed by atoms with E-state index in [1.807, 2.05) is 0 Å². The molecule has 1 saturated carbocycles. The largest absolute Gasteiger partial charge is 0.481 e. The summed E-state index contributed by atoms with van der Waals surface area (Å²) in [6, 6.07) is 1.24. The predicted octanol–water partition coefficient (Wildman–Crippen LogP) is 0.339. The lowest BCUT2D eigenvalue weighted by Crippen LogP contribution is -2.40. The molecule has 7 nitrogen and oxygen atoms in total. The van der Waals surface area contributed by atoms with E-state index < -0.39 is 17.4 Å². The molecule has 0 unspecified atom stereocenters. The third-order valence-corrected chi connectivity index (χ3v) is 2.82. The van der Waals surface area contributed by atoms with E-state index in [0.29, 0.717) is 18.5 Å². The van der Waals surface area contributed by atoms with Gasteiger partial charge in [0, 0.05) is 12.6 Å². The first-order chi connectivity index (χ1) is 8.12. The van der Waals surface area contributed by atoms with Crippen LogP contribution >= 0.6 is 0 Å². The minimum Gasteiger partial charge on any atom is -0.481 e. The van der Waals surface area contributed by atoms with Crippen molar-refractivity contribution in [2.45, 2.75) is 19.4 Å². The molecule has 7 heteroatoms. The number of hydrogen-bond acceptors (Lipinski definition) is 4. The van der Waals surface area contributed by atoms with Crippen LogP contribution in [0.4, 0.5) is 4.79 Å². The Morgan fingerprint density at radius 2 is 2.24 bits per heavy atom. The molecule has 1 heterocycles. The highest BCUT2D eigenvalue weighted by Gasteiger charge is 2.50. The molecular weight excluding hydrogens is 226 g/mol. The maximum Gasteiger partial charge on any atom is 0.315 e. The van der Waals surface area contributed by atoms with Gasteiger partial charge in [0.05, 0.1) is 12.0 Å². The first-order valence-corrected chi connectivity index (χ1v) is 5.27. The van der Waals surface area contributed by atoms with Crippen LogP contribution in [0.25, 0.3) is 0 Å². The van der Waals surface area contributed by atoms with E-state index in [1.54, 1.807) is 6.07 Å². The van der Waals surface area contributed by atoms with E-state index in [1.165, 1.54) is 6.26 Å². The Hall–Kier alpha value is -2.05. The fraction of sp³-hybridized carbons (Fsp3) is 0.500. The lowest BCUT2D eigenvalue weighted by molar-refractivity contribution is -0.143. The molecule has 2 rings (SSSR count). The highest BCUT2D eigenvalue weighted by Crippen LogP contribution is 2.45. The van der Waals surface area contributed by atoms with Gasteiger partial charge in [0.15, 0.2) is 0 Å². The molecule has 1 aromatic rings. The molecule has 0 atom stereocenters. The van der Waals surface area contributed by atoms with E-state index in [4.69, 9.17) is 5.11 Å². The monoisotopic (exact) mass is 239 g/mol. The van der Waals surface area contributed by atoms with Crippen molar-refractivity contribution in [2.24, 2.45) is 5.41 Å². The molecule has 0 bridgehead atoms. The summed E-state index contributed by atoms with van der Waals surface area (Å²) in [6.07, 6.45) is 2.65. The summed E-state index contributed by atoms with van der Waals surface area (Å²) < 4.78 is 4.60. The zero-order valence-electron chi connectivity index (χ0n) is 9.10. The second-order valence-electron chi connectivity index (χ2n) is 4.11. The number of carboxylic acids is 1. The number of carbonyl (C=O) groups is 2. The highest BCUT2D eigenvalue weighted by atomic mass is 16.5. The van der Waals surface area contributed by atoms with Gasteiger partial charge in [0.2, 0.25) is 0 Å². The van der Waals surface area contributed by atoms with Crippen LogP contribution in [0, 0.1) is 5.41 Å². The number of amides is 2. The van der Waals surface area contributed by atoms with Crippen LogP contribution in [-0.4, -0.2) is 28.8 Å². The van der Waals surface area contributed by atoms with Gasteiger partial charge in [-0.1, -0.05) is 5.16 Å². The normalized spacial score (nSPS) is 16.2. The Morgan fingerprint density at radius 1 is 1.47 bits per heavy atom. The zero-order valence-corrected chi connectivity index (χ0v) is 9.10. The van der Waals surface area contributed by atoms with E-state index in [2.05, 4.69) is 20.3 Å². The Balaban J connectivity index is 1.70. The minimum atomic E-state index is -0.852. The van der Waals surface area contributed by atoms with Crippen LogP contribution in [0.5, 0.6) is 0 Å². The Bertz CT molecular complexity index is 411. The smallest absolute Gasteiger partial charge is 0.315 e. The van der Waals surface area contributed by atoms with Crippen LogP contribution in [0.3, 0.4) is 0 Å². The van der Waals surface area contributed by atoms with Gasteiger partial charge in [-0.2, -0.15) is 0 Å². The van der Waals surface area contributed by atoms with E-state index in [9.17, 15) is 9.59 Å². The van der Waals surface area contributed by atoms with E-state index >= 15 is 0 Å². The van der Waals surface area contributed by atoms with E-state index in [-0.39, 0.29) is 13.1 Å². The van der Waals surface area contributed by atoms with Crippen LogP contribution in [0.1, 0.15) is 18.5 Å². The summed E-state index contributed by atoms with van der Waals surface area (Å²) in [4.78, 5) is 22.2. The van der Waals surface area contributed by atoms with Crippen molar-refractivity contribution < 1.29 is 19.2 Å². The molecule has 0 radical (unpaired) electrons. The summed E-state index contributed by atoms with van der Waals surface area (Å²) in [5, 5.41) is 17.6. The third-order valence-electron chi connectivity index (χ3n) is 2.82. The number of aromatic nitrogens is 1. The second kappa shape index (κ2) is 4.44. The molecule has 3 N–H and O–H groups in total. The van der Waals surface area contributed by atoms with Crippen molar-refractivity contribution >= 4 is 12.0 Å². The molecule has 1 aliphatic rings. The molecule has 2 amide bonds. The lowest BCUT2D eigenvalue weighted by atomic mass is 10.1. The molecular formula is C10H13N3O4. The van der Waals surface area contributed by atoms with Gasteiger partial charge in [-0.25, -0.2) is 4.79 Å². The van der Waals surface area contributed by atoms with Crippen LogP contribution in [-0.2, 0) is 11.3 Å². The summed E-state index contributed by atoms with van der Waals surface area (Å²) in [7, 11) is 0. The van der Waals surface area contributed by atoms with Crippen molar-refractivity contribution in [3.8, 4) is 0 Å². The third kappa shape index (κ3) is 2.74. The fourth-order valence-corrected chi connectivity index (χ4v) is 1.43. The number of rotatable bonds is 5. The number of carboxylic acid groups (broad SMARTS) is 1. The van der Waals surface area contributed by atoms with Gasteiger partial charge in [0.25, 0.3) is 0 Å². The van der Waals surface area contributed by atoms with Gasteiger partial charge in [-0.15, -0.1) is 0 Å². The predicted molar refractivity (Wildman–Crippen MR) is 56.0 cm³/mol. The molecule has 1 aliphatic carbocycles. The number of hydrogen-bond donors (Lipinski definition) is 3. The van der Waals surface area contributed by atoms with E-state index in [0.717, 1.165) is 0 Å². The number of nitrogens with zero attached hydrogens (tertiary/aromatic N) is 1. The maximum atomic E-state index is 11.4. The summed E-state index contributed by atoms with van der Waals surface area (Å²) >= 11 is 0. The summed E-state index contributed by atoms with van der Waals surface area (Å²) in [5.74, 6) is -0.852. The molecule has 1 fully saturated rings. The van der Waals surface area contributed by atoms with Crippen molar-refractivity contribution in [3.05, 3.63) is 18.0 Å². The molecule has 0 saturated heterocycles. The molecule has 0 aromatic carbocycles. The molecule has 1 aromatic heterocycles. The maximum absolute atomic E-state index is 11.4. The highest BCUT2D eigenvalue weighted by molar-refractivity contribution is 5.80. The molecule has 0 spiro atoms. The van der Waals surface area contributed by atoms with Crippen LogP contribution < -0.4 is 10.6 Å². The van der Waals surface area contributed by atoms with Gasteiger partial charge in [0.1, 0.15) is 12.0 Å². The van der Waals surface area contributed by atoms with Crippen molar-refractivity contribution in [3.63, 3.8) is 0 Å². The number of urea groups is 1. The Morgan fingerprint density at radius 3 is 2.76 bits per heavy atom. The Labute approximate surface area is 97.2 Å². The van der Waals surface area contributed by atoms with Crippen LogP contribution in [0.2, 0.25) is 0 Å². The first kappa shape index (κ1) is 11.4. The number of aliphatic carboxylic acids is 1. The van der Waals surface area contributed by atoms with Crippen molar-refractivity contribution in [2.75, 3.05) is 6.54 Å². The summed E-state index contributed by atoms with van der Waals surface area (Å²) in [5.41, 5.74) is -0.134. The lowest BCUT2D eigenvalue weighted by Gasteiger charge is -2.11. The topological polar surface area (TPSA) is 104 Å². The second-order valence-corrected chi connectivity index (χ2v) is 4.11. The molecule has 92 valence electrons.